The lowest BCUT2D eigenvalue weighted by atomic mass is 10.1. The van der Waals surface area contributed by atoms with E-state index in [1.165, 1.54) is 0 Å². The van der Waals surface area contributed by atoms with E-state index >= 15 is 0 Å². The highest BCUT2D eigenvalue weighted by molar-refractivity contribution is 6.11. The summed E-state index contributed by atoms with van der Waals surface area (Å²) in [6, 6.07) is 23.4. The molecule has 7 nitrogen and oxygen atoms in total. The van der Waals surface area contributed by atoms with Crippen LogP contribution in [0.3, 0.4) is 0 Å². The minimum atomic E-state index is -1.23. The van der Waals surface area contributed by atoms with Crippen molar-refractivity contribution in [2.45, 2.75) is 0 Å². The van der Waals surface area contributed by atoms with Crippen LogP contribution in [0.15, 0.2) is 91.0 Å². The van der Waals surface area contributed by atoms with Crippen molar-refractivity contribution < 1.29 is 19.5 Å². The van der Waals surface area contributed by atoms with Crippen molar-refractivity contribution in [3.05, 3.63) is 96.6 Å². The van der Waals surface area contributed by atoms with Gasteiger partial charge in [0.2, 0.25) is 5.91 Å². The Kier molecular flexibility index (Phi) is 6.58. The summed E-state index contributed by atoms with van der Waals surface area (Å²) >= 11 is 0. The normalized spacial score (nSPS) is 10.4. The highest BCUT2D eigenvalue weighted by atomic mass is 16.4. The van der Waals surface area contributed by atoms with Gasteiger partial charge in [0.15, 0.2) is 0 Å². The summed E-state index contributed by atoms with van der Waals surface area (Å²) < 4.78 is 0. The number of benzene rings is 3. The quantitative estimate of drug-likeness (QED) is 0.443. The van der Waals surface area contributed by atoms with Gasteiger partial charge in [0, 0.05) is 29.2 Å². The number of aliphatic carboxylic acids is 1. The smallest absolute Gasteiger partial charge is 0.328 e. The van der Waals surface area contributed by atoms with E-state index in [9.17, 15) is 14.4 Å². The maximum absolute atomic E-state index is 12.7. The van der Waals surface area contributed by atoms with E-state index in [4.69, 9.17) is 5.11 Å². The molecule has 0 saturated carbocycles. The van der Waals surface area contributed by atoms with Gasteiger partial charge < -0.3 is 21.1 Å². The SMILES string of the molecule is O=C(O)/C=C/C(=O)Nc1ccccc1C(=O)Nc1ccc(Nc2ccccc2)cc1. The monoisotopic (exact) mass is 401 g/mol. The Morgan fingerprint density at radius 1 is 0.667 bits per heavy atom. The van der Waals surface area contributed by atoms with E-state index in [1.54, 1.807) is 36.4 Å². The Morgan fingerprint density at radius 2 is 1.27 bits per heavy atom. The molecule has 2 amide bonds. The average molecular weight is 401 g/mol. The summed E-state index contributed by atoms with van der Waals surface area (Å²) in [6.45, 7) is 0. The van der Waals surface area contributed by atoms with Gasteiger partial charge in [-0.15, -0.1) is 0 Å². The molecule has 3 aromatic carbocycles. The van der Waals surface area contributed by atoms with E-state index in [0.29, 0.717) is 5.69 Å². The fraction of sp³-hybridized carbons (Fsp3) is 0. The molecule has 0 unspecified atom stereocenters. The van der Waals surface area contributed by atoms with Crippen molar-refractivity contribution in [3.8, 4) is 0 Å². The highest BCUT2D eigenvalue weighted by Crippen LogP contribution is 2.21. The first-order chi connectivity index (χ1) is 14.5. The second-order valence-electron chi connectivity index (χ2n) is 6.23. The molecule has 0 aromatic heterocycles. The van der Waals surface area contributed by atoms with Gasteiger partial charge in [0.25, 0.3) is 5.91 Å². The lowest BCUT2D eigenvalue weighted by Crippen LogP contribution is -2.17. The second-order valence-corrected chi connectivity index (χ2v) is 6.23. The van der Waals surface area contributed by atoms with Crippen LogP contribution in [-0.4, -0.2) is 22.9 Å². The molecule has 0 heterocycles. The molecule has 0 atom stereocenters. The third-order valence-corrected chi connectivity index (χ3v) is 4.01. The maximum atomic E-state index is 12.7. The van der Waals surface area contributed by atoms with Gasteiger partial charge in [-0.1, -0.05) is 30.3 Å². The third-order valence-electron chi connectivity index (χ3n) is 4.01. The molecule has 30 heavy (non-hydrogen) atoms. The van der Waals surface area contributed by atoms with E-state index in [-0.39, 0.29) is 11.3 Å². The Balaban J connectivity index is 1.67. The van der Waals surface area contributed by atoms with Crippen molar-refractivity contribution in [2.24, 2.45) is 0 Å². The van der Waals surface area contributed by atoms with Crippen LogP contribution in [0.5, 0.6) is 0 Å². The van der Waals surface area contributed by atoms with Crippen molar-refractivity contribution in [1.82, 2.24) is 0 Å². The van der Waals surface area contributed by atoms with Gasteiger partial charge in [-0.2, -0.15) is 0 Å². The molecule has 0 aliphatic heterocycles. The number of carboxylic acids is 1. The van der Waals surface area contributed by atoms with Crippen LogP contribution in [0.4, 0.5) is 22.7 Å². The van der Waals surface area contributed by atoms with E-state index in [0.717, 1.165) is 23.5 Å². The highest BCUT2D eigenvalue weighted by Gasteiger charge is 2.12. The van der Waals surface area contributed by atoms with E-state index < -0.39 is 17.8 Å². The Hall–Kier alpha value is -4.39. The molecule has 4 N–H and O–H groups in total. The average Bonchev–Trinajstić information content (AvgIpc) is 2.75. The standard InChI is InChI=1S/C23H19N3O4/c27-21(14-15-22(28)29)26-20-9-5-4-8-19(20)23(30)25-18-12-10-17(11-13-18)24-16-6-2-1-3-7-16/h1-15,24H,(H,25,30)(H,26,27)(H,28,29)/b15-14+. The lowest BCUT2D eigenvalue weighted by molar-refractivity contribution is -0.131. The van der Waals surface area contributed by atoms with Crippen LogP contribution in [0, 0.1) is 0 Å². The molecule has 0 aliphatic carbocycles. The van der Waals surface area contributed by atoms with Gasteiger partial charge in [-0.3, -0.25) is 9.59 Å². The minimum absolute atomic E-state index is 0.251. The number of rotatable bonds is 7. The molecular weight excluding hydrogens is 382 g/mol. The summed E-state index contributed by atoms with van der Waals surface area (Å²) in [5, 5.41) is 17.2. The summed E-state index contributed by atoms with van der Waals surface area (Å²) in [5.74, 6) is -2.28. The van der Waals surface area contributed by atoms with Gasteiger partial charge in [-0.25, -0.2) is 4.79 Å². The predicted octanol–water partition coefficient (Wildman–Crippen LogP) is 4.26. The number of carboxylic acid groups (broad SMARTS) is 1. The molecule has 0 radical (unpaired) electrons. The first-order valence-corrected chi connectivity index (χ1v) is 9.06. The number of hydrogen-bond donors (Lipinski definition) is 4. The number of carbonyl (C=O) groups excluding carboxylic acids is 2. The van der Waals surface area contributed by atoms with Crippen LogP contribution >= 0.6 is 0 Å². The van der Waals surface area contributed by atoms with Crippen molar-refractivity contribution in [2.75, 3.05) is 16.0 Å². The lowest BCUT2D eigenvalue weighted by Gasteiger charge is -2.11. The van der Waals surface area contributed by atoms with Crippen LogP contribution in [0.25, 0.3) is 0 Å². The predicted molar refractivity (Wildman–Crippen MR) is 116 cm³/mol. The van der Waals surface area contributed by atoms with Crippen molar-refractivity contribution >= 4 is 40.5 Å². The Morgan fingerprint density at radius 3 is 1.97 bits per heavy atom. The summed E-state index contributed by atoms with van der Waals surface area (Å²) in [7, 11) is 0. The molecule has 7 heteroatoms. The van der Waals surface area contributed by atoms with Crippen molar-refractivity contribution in [1.29, 1.82) is 0 Å². The Labute approximate surface area is 173 Å². The largest absolute Gasteiger partial charge is 0.478 e. The second kappa shape index (κ2) is 9.70. The zero-order valence-corrected chi connectivity index (χ0v) is 15.8. The van der Waals surface area contributed by atoms with Gasteiger partial charge in [0.05, 0.1) is 11.3 Å². The molecule has 0 aliphatic rings. The van der Waals surface area contributed by atoms with Gasteiger partial charge in [0.1, 0.15) is 0 Å². The first kappa shape index (κ1) is 20.3. The summed E-state index contributed by atoms with van der Waals surface area (Å²) in [5.41, 5.74) is 2.94. The van der Waals surface area contributed by atoms with Gasteiger partial charge in [-0.05, 0) is 48.5 Å². The molecule has 0 saturated heterocycles. The zero-order valence-electron chi connectivity index (χ0n) is 15.8. The number of anilines is 4. The number of amides is 2. The third kappa shape index (κ3) is 5.80. The van der Waals surface area contributed by atoms with Crippen LogP contribution in [-0.2, 0) is 9.59 Å². The number of carbonyl (C=O) groups is 3. The first-order valence-electron chi connectivity index (χ1n) is 9.06. The number of nitrogens with one attached hydrogen (secondary N) is 3. The molecule has 0 bridgehead atoms. The summed E-state index contributed by atoms with van der Waals surface area (Å²) in [6.07, 6.45) is 1.61. The van der Waals surface area contributed by atoms with Gasteiger partial charge >= 0.3 is 5.97 Å². The molecule has 150 valence electrons. The fourth-order valence-electron chi connectivity index (χ4n) is 2.63. The molecule has 3 aromatic rings. The molecule has 3 rings (SSSR count). The molecule has 0 spiro atoms. The fourth-order valence-corrected chi connectivity index (χ4v) is 2.63. The maximum Gasteiger partial charge on any atom is 0.328 e. The van der Waals surface area contributed by atoms with Crippen LogP contribution in [0.1, 0.15) is 10.4 Å². The number of hydrogen-bond acceptors (Lipinski definition) is 4. The summed E-state index contributed by atoms with van der Waals surface area (Å²) in [4.78, 5) is 35.0. The van der Waals surface area contributed by atoms with Crippen molar-refractivity contribution in [3.63, 3.8) is 0 Å². The minimum Gasteiger partial charge on any atom is -0.478 e. The zero-order chi connectivity index (χ0) is 21.3. The number of para-hydroxylation sites is 2. The van der Waals surface area contributed by atoms with E-state index in [1.807, 2.05) is 42.5 Å². The molecular formula is C23H19N3O4. The van der Waals surface area contributed by atoms with Crippen LogP contribution in [0.2, 0.25) is 0 Å². The topological polar surface area (TPSA) is 108 Å². The van der Waals surface area contributed by atoms with E-state index in [2.05, 4.69) is 16.0 Å². The molecule has 0 fully saturated rings. The Bertz CT molecular complexity index is 1080. The van der Waals surface area contributed by atoms with Crippen LogP contribution < -0.4 is 16.0 Å².